The third kappa shape index (κ3) is 5.98. The summed E-state index contributed by atoms with van der Waals surface area (Å²) in [6.07, 6.45) is -1.48. The first-order valence-electron chi connectivity index (χ1n) is 6.40. The van der Waals surface area contributed by atoms with E-state index in [1.165, 1.54) is 0 Å². The number of halogens is 2. The van der Waals surface area contributed by atoms with Crippen LogP contribution in [0.1, 0.15) is 24.9 Å². The van der Waals surface area contributed by atoms with Crippen molar-refractivity contribution in [3.05, 3.63) is 29.8 Å². The quantitative estimate of drug-likeness (QED) is 0.702. The van der Waals surface area contributed by atoms with Crippen LogP contribution in [0.25, 0.3) is 0 Å². The van der Waals surface area contributed by atoms with Gasteiger partial charge in [0.15, 0.2) is 0 Å². The monoisotopic (exact) mass is 273 g/mol. The average Bonchev–Trinajstić information content (AvgIpc) is 2.43. The molecule has 19 heavy (non-hydrogen) atoms. The van der Waals surface area contributed by atoms with Crippen molar-refractivity contribution in [1.82, 2.24) is 5.32 Å². The first kappa shape index (κ1) is 15.9. The largest absolute Gasteiger partial charge is 0.497 e. The van der Waals surface area contributed by atoms with Gasteiger partial charge in [0, 0.05) is 12.6 Å². The zero-order valence-electron chi connectivity index (χ0n) is 11.4. The summed E-state index contributed by atoms with van der Waals surface area (Å²) in [5.41, 5.74) is 1.15. The minimum atomic E-state index is -2.40. The third-order valence-electron chi connectivity index (χ3n) is 2.81. The number of rotatable bonds is 9. The summed E-state index contributed by atoms with van der Waals surface area (Å²) in [5.74, 6) is 0.818. The molecule has 1 unspecified atom stereocenters. The molecule has 0 saturated heterocycles. The molecule has 0 aliphatic rings. The molecule has 0 heterocycles. The fourth-order valence-electron chi connectivity index (χ4n) is 1.81. The molecule has 0 radical (unpaired) electrons. The van der Waals surface area contributed by atoms with Crippen molar-refractivity contribution in [1.29, 1.82) is 0 Å². The van der Waals surface area contributed by atoms with E-state index in [0.29, 0.717) is 6.54 Å². The molecule has 1 N–H and O–H groups in total. The number of nitrogens with one attached hydrogen (secondary N) is 1. The molecular formula is C14H21F2NO2. The highest BCUT2D eigenvalue weighted by Gasteiger charge is 2.08. The second-order valence-electron chi connectivity index (χ2n) is 4.15. The number of hydrogen-bond donors (Lipinski definition) is 1. The van der Waals surface area contributed by atoms with E-state index < -0.39 is 13.0 Å². The molecule has 1 atom stereocenters. The Hall–Kier alpha value is -1.20. The van der Waals surface area contributed by atoms with Crippen LogP contribution in [0.4, 0.5) is 8.78 Å². The van der Waals surface area contributed by atoms with Crippen LogP contribution in [0.15, 0.2) is 24.3 Å². The Bertz CT molecular complexity index is 344. The van der Waals surface area contributed by atoms with E-state index in [2.05, 4.69) is 12.2 Å². The molecule has 0 spiro atoms. The molecule has 0 aromatic heterocycles. The van der Waals surface area contributed by atoms with Gasteiger partial charge < -0.3 is 14.8 Å². The Labute approximate surface area is 112 Å². The number of benzene rings is 1. The molecule has 0 saturated carbocycles. The van der Waals surface area contributed by atoms with Crippen molar-refractivity contribution >= 4 is 0 Å². The highest BCUT2D eigenvalue weighted by atomic mass is 19.3. The molecule has 108 valence electrons. The predicted octanol–water partition coefficient (Wildman–Crippen LogP) is 3.02. The van der Waals surface area contributed by atoms with Crippen LogP contribution in [0.5, 0.6) is 5.75 Å². The Morgan fingerprint density at radius 1 is 1.21 bits per heavy atom. The van der Waals surface area contributed by atoms with Crippen LogP contribution in [0.3, 0.4) is 0 Å². The van der Waals surface area contributed by atoms with Crippen LogP contribution < -0.4 is 10.1 Å². The molecule has 1 rings (SSSR count). The number of hydrogen-bond acceptors (Lipinski definition) is 3. The highest BCUT2D eigenvalue weighted by molar-refractivity contribution is 5.29. The van der Waals surface area contributed by atoms with Crippen molar-refractivity contribution in [3.63, 3.8) is 0 Å². The summed E-state index contributed by atoms with van der Waals surface area (Å²) in [6.45, 7) is 2.41. The molecule has 0 aliphatic heterocycles. The summed E-state index contributed by atoms with van der Waals surface area (Å²) in [6, 6.07) is 8.01. The van der Waals surface area contributed by atoms with Crippen LogP contribution in [-0.4, -0.2) is 33.3 Å². The number of alkyl halides is 2. The standard InChI is InChI=1S/C14H21F2NO2/c1-3-13(17-8-9-19-10-14(15)16)11-4-6-12(18-2)7-5-11/h4-7,13-14,17H,3,8-10H2,1-2H3. The van der Waals surface area contributed by atoms with Crippen molar-refractivity contribution in [2.75, 3.05) is 26.9 Å². The minimum absolute atomic E-state index is 0.195. The van der Waals surface area contributed by atoms with Gasteiger partial charge in [-0.2, -0.15) is 0 Å². The van der Waals surface area contributed by atoms with E-state index in [4.69, 9.17) is 9.47 Å². The lowest BCUT2D eigenvalue weighted by molar-refractivity contribution is 0.0181. The van der Waals surface area contributed by atoms with Gasteiger partial charge in [0.1, 0.15) is 12.4 Å². The van der Waals surface area contributed by atoms with E-state index in [1.807, 2.05) is 24.3 Å². The van der Waals surface area contributed by atoms with Crippen LogP contribution >= 0.6 is 0 Å². The highest BCUT2D eigenvalue weighted by Crippen LogP contribution is 2.19. The summed E-state index contributed by atoms with van der Waals surface area (Å²) in [5, 5.41) is 3.29. The van der Waals surface area contributed by atoms with Gasteiger partial charge in [-0.15, -0.1) is 0 Å². The van der Waals surface area contributed by atoms with Crippen molar-refractivity contribution < 1.29 is 18.3 Å². The normalized spacial score (nSPS) is 12.7. The summed E-state index contributed by atoms with van der Waals surface area (Å²) in [7, 11) is 1.63. The molecule has 0 aliphatic carbocycles. The smallest absolute Gasteiger partial charge is 0.261 e. The summed E-state index contributed by atoms with van der Waals surface area (Å²) >= 11 is 0. The SMILES string of the molecule is CCC(NCCOCC(F)F)c1ccc(OC)cc1. The topological polar surface area (TPSA) is 30.5 Å². The lowest BCUT2D eigenvalue weighted by Gasteiger charge is -2.17. The Morgan fingerprint density at radius 3 is 2.42 bits per heavy atom. The minimum Gasteiger partial charge on any atom is -0.497 e. The lowest BCUT2D eigenvalue weighted by Crippen LogP contribution is -2.25. The van der Waals surface area contributed by atoms with Gasteiger partial charge in [0.2, 0.25) is 0 Å². The Kier molecular flexibility index (Phi) is 7.36. The number of ether oxygens (including phenoxy) is 2. The van der Waals surface area contributed by atoms with E-state index in [1.54, 1.807) is 7.11 Å². The zero-order valence-corrected chi connectivity index (χ0v) is 11.4. The molecule has 0 amide bonds. The molecule has 0 fully saturated rings. The predicted molar refractivity (Wildman–Crippen MR) is 70.9 cm³/mol. The van der Waals surface area contributed by atoms with Crippen molar-refractivity contribution in [3.8, 4) is 5.75 Å². The van der Waals surface area contributed by atoms with E-state index in [0.717, 1.165) is 17.7 Å². The van der Waals surface area contributed by atoms with Gasteiger partial charge in [-0.25, -0.2) is 8.78 Å². The molecule has 3 nitrogen and oxygen atoms in total. The van der Waals surface area contributed by atoms with Crippen LogP contribution in [-0.2, 0) is 4.74 Å². The van der Waals surface area contributed by atoms with E-state index >= 15 is 0 Å². The second-order valence-corrected chi connectivity index (χ2v) is 4.15. The maximum atomic E-state index is 11.9. The molecule has 5 heteroatoms. The maximum Gasteiger partial charge on any atom is 0.261 e. The van der Waals surface area contributed by atoms with Gasteiger partial charge >= 0.3 is 0 Å². The Balaban J connectivity index is 2.35. The van der Waals surface area contributed by atoms with Gasteiger partial charge in [0.05, 0.1) is 13.7 Å². The summed E-state index contributed by atoms with van der Waals surface area (Å²) < 4.78 is 33.7. The van der Waals surface area contributed by atoms with Gasteiger partial charge in [0.25, 0.3) is 6.43 Å². The molecular weight excluding hydrogens is 252 g/mol. The fourth-order valence-corrected chi connectivity index (χ4v) is 1.81. The fraction of sp³-hybridized carbons (Fsp3) is 0.571. The number of methoxy groups -OCH3 is 1. The van der Waals surface area contributed by atoms with E-state index in [-0.39, 0.29) is 12.6 Å². The summed E-state index contributed by atoms with van der Waals surface area (Å²) in [4.78, 5) is 0. The maximum absolute atomic E-state index is 11.9. The molecule has 0 bridgehead atoms. The average molecular weight is 273 g/mol. The second kappa shape index (κ2) is 8.82. The van der Waals surface area contributed by atoms with E-state index in [9.17, 15) is 8.78 Å². The zero-order chi connectivity index (χ0) is 14.1. The van der Waals surface area contributed by atoms with Gasteiger partial charge in [-0.3, -0.25) is 0 Å². The van der Waals surface area contributed by atoms with Gasteiger partial charge in [-0.1, -0.05) is 19.1 Å². The van der Waals surface area contributed by atoms with Gasteiger partial charge in [-0.05, 0) is 24.1 Å². The lowest BCUT2D eigenvalue weighted by atomic mass is 10.0. The van der Waals surface area contributed by atoms with Crippen molar-refractivity contribution in [2.24, 2.45) is 0 Å². The molecule has 1 aromatic carbocycles. The molecule has 1 aromatic rings. The van der Waals surface area contributed by atoms with Crippen molar-refractivity contribution in [2.45, 2.75) is 25.8 Å². The third-order valence-corrected chi connectivity index (χ3v) is 2.81. The first-order valence-corrected chi connectivity index (χ1v) is 6.40. The van der Waals surface area contributed by atoms with Crippen LogP contribution in [0, 0.1) is 0 Å². The Morgan fingerprint density at radius 2 is 1.89 bits per heavy atom. The first-order chi connectivity index (χ1) is 9.17. The van der Waals surface area contributed by atoms with Crippen LogP contribution in [0.2, 0.25) is 0 Å².